The molecule has 1 aromatic heterocycles. The molecule has 4 nitrogen and oxygen atoms in total. The molecule has 20 heavy (non-hydrogen) atoms. The molecule has 0 N–H and O–H groups in total. The van der Waals surface area contributed by atoms with Crippen molar-refractivity contribution in [2.75, 3.05) is 44.3 Å². The second-order valence-corrected chi connectivity index (χ2v) is 5.98. The number of ether oxygens (including phenoxy) is 1. The Balaban J connectivity index is 1.67. The van der Waals surface area contributed by atoms with Crippen LogP contribution in [0.1, 0.15) is 12.0 Å². The van der Waals surface area contributed by atoms with Crippen molar-refractivity contribution >= 4 is 29.0 Å². The number of morpholine rings is 1. The Labute approximate surface area is 129 Å². The molecule has 0 saturated carbocycles. The van der Waals surface area contributed by atoms with E-state index in [0.29, 0.717) is 16.9 Å². The van der Waals surface area contributed by atoms with Gasteiger partial charge >= 0.3 is 0 Å². The molecular formula is C14H19Cl2N3O. The smallest absolute Gasteiger partial charge is 0.128 e. The molecule has 2 aliphatic rings. The molecule has 6 heteroatoms. The van der Waals surface area contributed by atoms with Crippen LogP contribution in [0.25, 0.3) is 0 Å². The summed E-state index contributed by atoms with van der Waals surface area (Å²) in [6, 6.07) is 2.62. The van der Waals surface area contributed by atoms with E-state index < -0.39 is 0 Å². The fourth-order valence-electron chi connectivity index (χ4n) is 2.93. The van der Waals surface area contributed by atoms with E-state index in [9.17, 15) is 0 Å². The van der Waals surface area contributed by atoms with Gasteiger partial charge in [0.1, 0.15) is 5.82 Å². The van der Waals surface area contributed by atoms with Crippen molar-refractivity contribution in [3.05, 3.63) is 22.8 Å². The zero-order valence-corrected chi connectivity index (χ0v) is 12.9. The second kappa shape index (κ2) is 6.48. The first-order valence-electron chi connectivity index (χ1n) is 7.05. The van der Waals surface area contributed by atoms with Gasteiger partial charge in [-0.2, -0.15) is 0 Å². The molecule has 110 valence electrons. The van der Waals surface area contributed by atoms with Gasteiger partial charge in [-0.3, -0.25) is 4.90 Å². The predicted octanol–water partition coefficient (Wildman–Crippen LogP) is 2.38. The standard InChI is InChI=1S/C14H19Cl2N3O/c15-8-11-7-14(17-9-13(11)16)19-2-1-12(10-19)18-3-5-20-6-4-18/h7,9,12H,1-6,8,10H2. The Hall–Kier alpha value is -0.550. The van der Waals surface area contributed by atoms with Gasteiger partial charge < -0.3 is 9.64 Å². The quantitative estimate of drug-likeness (QED) is 0.801. The molecule has 0 bridgehead atoms. The minimum atomic E-state index is 0.426. The maximum Gasteiger partial charge on any atom is 0.128 e. The highest BCUT2D eigenvalue weighted by Crippen LogP contribution is 2.26. The van der Waals surface area contributed by atoms with Crippen LogP contribution in [0.2, 0.25) is 5.02 Å². The van der Waals surface area contributed by atoms with Crippen LogP contribution in [-0.2, 0) is 10.6 Å². The van der Waals surface area contributed by atoms with Crippen LogP contribution in [0.5, 0.6) is 0 Å². The molecule has 1 atom stereocenters. The Bertz CT molecular complexity index is 466. The van der Waals surface area contributed by atoms with Crippen molar-refractivity contribution in [2.45, 2.75) is 18.3 Å². The van der Waals surface area contributed by atoms with Crippen molar-refractivity contribution in [1.29, 1.82) is 0 Å². The summed E-state index contributed by atoms with van der Waals surface area (Å²) in [6.07, 6.45) is 2.89. The normalized spacial score (nSPS) is 24.3. The molecule has 2 aliphatic heterocycles. The van der Waals surface area contributed by atoms with E-state index in [1.54, 1.807) is 6.20 Å². The number of alkyl halides is 1. The number of aromatic nitrogens is 1. The van der Waals surface area contributed by atoms with E-state index >= 15 is 0 Å². The Kier molecular flexibility index (Phi) is 4.66. The fourth-order valence-corrected chi connectivity index (χ4v) is 3.39. The van der Waals surface area contributed by atoms with Crippen molar-refractivity contribution in [1.82, 2.24) is 9.88 Å². The van der Waals surface area contributed by atoms with Crippen molar-refractivity contribution < 1.29 is 4.74 Å². The third kappa shape index (κ3) is 3.03. The van der Waals surface area contributed by atoms with Gasteiger partial charge in [0, 0.05) is 44.3 Å². The zero-order chi connectivity index (χ0) is 13.9. The molecule has 0 aromatic carbocycles. The van der Waals surface area contributed by atoms with E-state index in [1.165, 1.54) is 6.42 Å². The summed E-state index contributed by atoms with van der Waals surface area (Å²) in [5.41, 5.74) is 0.952. The van der Waals surface area contributed by atoms with Crippen LogP contribution >= 0.6 is 23.2 Å². The first kappa shape index (κ1) is 14.4. The maximum atomic E-state index is 6.07. The van der Waals surface area contributed by atoms with Gasteiger partial charge in [-0.1, -0.05) is 11.6 Å². The van der Waals surface area contributed by atoms with Gasteiger partial charge in [0.2, 0.25) is 0 Å². The molecular weight excluding hydrogens is 297 g/mol. The van der Waals surface area contributed by atoms with Crippen molar-refractivity contribution in [3.63, 3.8) is 0 Å². The number of halogens is 2. The second-order valence-electron chi connectivity index (χ2n) is 5.30. The summed E-state index contributed by atoms with van der Waals surface area (Å²) < 4.78 is 5.42. The fraction of sp³-hybridized carbons (Fsp3) is 0.643. The number of hydrogen-bond acceptors (Lipinski definition) is 4. The number of hydrogen-bond donors (Lipinski definition) is 0. The minimum Gasteiger partial charge on any atom is -0.379 e. The van der Waals surface area contributed by atoms with Crippen molar-refractivity contribution in [2.24, 2.45) is 0 Å². The number of anilines is 1. The Morgan fingerprint density at radius 2 is 2.10 bits per heavy atom. The molecule has 1 aromatic rings. The molecule has 0 spiro atoms. The zero-order valence-electron chi connectivity index (χ0n) is 11.4. The highest BCUT2D eigenvalue weighted by Gasteiger charge is 2.29. The monoisotopic (exact) mass is 315 g/mol. The lowest BCUT2D eigenvalue weighted by molar-refractivity contribution is 0.0209. The van der Waals surface area contributed by atoms with Gasteiger partial charge in [0.25, 0.3) is 0 Å². The lowest BCUT2D eigenvalue weighted by Gasteiger charge is -2.32. The van der Waals surface area contributed by atoms with Crippen LogP contribution in [0.3, 0.4) is 0 Å². The molecule has 3 heterocycles. The largest absolute Gasteiger partial charge is 0.379 e. The summed E-state index contributed by atoms with van der Waals surface area (Å²) in [7, 11) is 0. The molecule has 0 radical (unpaired) electrons. The molecule has 1 unspecified atom stereocenters. The van der Waals surface area contributed by atoms with E-state index in [1.807, 2.05) is 6.07 Å². The lowest BCUT2D eigenvalue weighted by atomic mass is 10.2. The van der Waals surface area contributed by atoms with Crippen LogP contribution in [-0.4, -0.2) is 55.3 Å². The number of nitrogens with zero attached hydrogens (tertiary/aromatic N) is 3. The van der Waals surface area contributed by atoms with Crippen LogP contribution in [0.15, 0.2) is 12.3 Å². The summed E-state index contributed by atoms with van der Waals surface area (Å²) in [5, 5.41) is 0.646. The van der Waals surface area contributed by atoms with Crippen molar-refractivity contribution in [3.8, 4) is 0 Å². The van der Waals surface area contributed by atoms with E-state index in [0.717, 1.165) is 50.8 Å². The van der Waals surface area contributed by atoms with Gasteiger partial charge in [-0.15, -0.1) is 11.6 Å². The maximum absolute atomic E-state index is 6.07. The summed E-state index contributed by atoms with van der Waals surface area (Å²) in [4.78, 5) is 9.30. The van der Waals surface area contributed by atoms with E-state index in [-0.39, 0.29) is 0 Å². The number of rotatable bonds is 3. The topological polar surface area (TPSA) is 28.6 Å². The molecule has 0 aliphatic carbocycles. The van der Waals surface area contributed by atoms with Gasteiger partial charge in [0.15, 0.2) is 0 Å². The summed E-state index contributed by atoms with van der Waals surface area (Å²) in [5.74, 6) is 1.41. The number of pyridine rings is 1. The summed E-state index contributed by atoms with van der Waals surface area (Å²) in [6.45, 7) is 5.85. The highest BCUT2D eigenvalue weighted by atomic mass is 35.5. The van der Waals surface area contributed by atoms with E-state index in [4.69, 9.17) is 27.9 Å². The first-order valence-corrected chi connectivity index (χ1v) is 7.96. The van der Waals surface area contributed by atoms with Crippen LogP contribution < -0.4 is 4.90 Å². The average Bonchev–Trinajstić information content (AvgIpc) is 2.98. The Morgan fingerprint density at radius 1 is 1.30 bits per heavy atom. The van der Waals surface area contributed by atoms with Gasteiger partial charge in [0.05, 0.1) is 18.2 Å². The summed E-state index contributed by atoms with van der Waals surface area (Å²) >= 11 is 12.0. The Morgan fingerprint density at radius 3 is 2.85 bits per heavy atom. The van der Waals surface area contributed by atoms with E-state index in [2.05, 4.69) is 14.8 Å². The molecule has 2 saturated heterocycles. The predicted molar refractivity (Wildman–Crippen MR) is 81.8 cm³/mol. The SMILES string of the molecule is ClCc1cc(N2CCC(N3CCOCC3)C2)ncc1Cl. The third-order valence-corrected chi connectivity index (χ3v) is 4.74. The highest BCUT2D eigenvalue weighted by molar-refractivity contribution is 6.32. The minimum absolute atomic E-state index is 0.426. The van der Waals surface area contributed by atoms with Crippen LogP contribution in [0.4, 0.5) is 5.82 Å². The molecule has 3 rings (SSSR count). The third-order valence-electron chi connectivity index (χ3n) is 4.11. The molecule has 0 amide bonds. The van der Waals surface area contributed by atoms with Gasteiger partial charge in [-0.25, -0.2) is 4.98 Å². The lowest BCUT2D eigenvalue weighted by Crippen LogP contribution is -2.44. The molecule has 2 fully saturated rings. The average molecular weight is 316 g/mol. The first-order chi connectivity index (χ1) is 9.78. The van der Waals surface area contributed by atoms with Gasteiger partial charge in [-0.05, 0) is 18.1 Å². The van der Waals surface area contributed by atoms with Crippen LogP contribution in [0, 0.1) is 0 Å².